The first kappa shape index (κ1) is 23.7. The van der Waals surface area contributed by atoms with Crippen LogP contribution in [0.2, 0.25) is 0 Å². The van der Waals surface area contributed by atoms with E-state index in [0.29, 0.717) is 18.2 Å². The van der Waals surface area contributed by atoms with E-state index < -0.39 is 0 Å². The van der Waals surface area contributed by atoms with Crippen LogP contribution in [-0.4, -0.2) is 42.7 Å². The number of benzene rings is 2. The molecule has 2 aromatic carbocycles. The molecule has 1 atom stereocenters. The number of aryl methyl sites for hydroxylation is 1. The van der Waals surface area contributed by atoms with Gasteiger partial charge in [-0.25, -0.2) is 0 Å². The molecule has 4 nitrogen and oxygen atoms in total. The first-order valence-electron chi connectivity index (χ1n) is 13.6. The van der Waals surface area contributed by atoms with Gasteiger partial charge >= 0.3 is 0 Å². The predicted octanol–water partition coefficient (Wildman–Crippen LogP) is 6.15. The molecular weight excluding hydrogens is 420 g/mol. The molecule has 0 bridgehead atoms. The zero-order valence-corrected chi connectivity index (χ0v) is 21.0. The molecule has 184 valence electrons. The molecule has 2 aliphatic heterocycles. The second kappa shape index (κ2) is 11.1. The Morgan fingerprint density at radius 1 is 0.941 bits per heavy atom. The van der Waals surface area contributed by atoms with Gasteiger partial charge in [-0.05, 0) is 120 Å². The highest BCUT2D eigenvalue weighted by molar-refractivity contribution is 5.42. The molecule has 1 aliphatic carbocycles. The van der Waals surface area contributed by atoms with Crippen molar-refractivity contribution >= 4 is 0 Å². The molecule has 1 N–H and O–H groups in total. The minimum absolute atomic E-state index is 0.158. The molecule has 0 spiro atoms. The molecule has 0 amide bonds. The Balaban J connectivity index is 1.05. The van der Waals surface area contributed by atoms with E-state index in [1.165, 1.54) is 56.4 Å². The summed E-state index contributed by atoms with van der Waals surface area (Å²) in [6.45, 7) is 8.36. The van der Waals surface area contributed by atoms with Crippen molar-refractivity contribution in [1.29, 1.82) is 0 Å². The minimum atomic E-state index is 0.158. The molecule has 4 heteroatoms. The first-order valence-corrected chi connectivity index (χ1v) is 13.6. The minimum Gasteiger partial charge on any atom is -0.490 e. The first-order chi connectivity index (χ1) is 16.6. The van der Waals surface area contributed by atoms with Gasteiger partial charge in [0.25, 0.3) is 0 Å². The third kappa shape index (κ3) is 5.95. The van der Waals surface area contributed by atoms with Crippen molar-refractivity contribution in [1.82, 2.24) is 10.2 Å². The second-order valence-corrected chi connectivity index (χ2v) is 10.9. The summed E-state index contributed by atoms with van der Waals surface area (Å²) >= 11 is 0. The molecule has 0 aromatic heterocycles. The molecule has 5 rings (SSSR count). The number of piperidine rings is 1. The lowest BCUT2D eigenvalue weighted by atomic mass is 9.91. The van der Waals surface area contributed by atoms with Gasteiger partial charge in [0.05, 0.1) is 6.10 Å². The Morgan fingerprint density at radius 2 is 1.71 bits per heavy atom. The lowest BCUT2D eigenvalue weighted by molar-refractivity contribution is 0.127. The number of likely N-dealkylation sites (tertiary alicyclic amines) is 1. The van der Waals surface area contributed by atoms with Crippen LogP contribution in [0.25, 0.3) is 0 Å². The van der Waals surface area contributed by atoms with E-state index in [1.807, 2.05) is 0 Å². The maximum Gasteiger partial charge on any atom is 0.124 e. The molecule has 34 heavy (non-hydrogen) atoms. The molecule has 3 aliphatic rings. The number of nitrogens with zero attached hydrogens (tertiary/aromatic N) is 1. The van der Waals surface area contributed by atoms with E-state index in [1.54, 1.807) is 0 Å². The quantitative estimate of drug-likeness (QED) is 0.535. The van der Waals surface area contributed by atoms with Crippen molar-refractivity contribution in [3.05, 3.63) is 59.7 Å². The Hall–Kier alpha value is -2.04. The van der Waals surface area contributed by atoms with Gasteiger partial charge in [0, 0.05) is 12.1 Å². The second-order valence-electron chi connectivity index (χ2n) is 10.9. The lowest BCUT2D eigenvalue weighted by Crippen LogP contribution is -2.43. The van der Waals surface area contributed by atoms with Crippen molar-refractivity contribution < 1.29 is 9.47 Å². The van der Waals surface area contributed by atoms with E-state index in [2.05, 4.69) is 72.6 Å². The van der Waals surface area contributed by atoms with Gasteiger partial charge in [0.1, 0.15) is 17.6 Å². The van der Waals surface area contributed by atoms with Crippen molar-refractivity contribution in [2.24, 2.45) is 5.92 Å². The maximum atomic E-state index is 6.42. The SMILES string of the molecule is CC(C)N1CCC(CNC2CCC(Oc3ccc4c(c3)CCC(c3ccccc3)O4)CC2)CC1. The largest absolute Gasteiger partial charge is 0.490 e. The fraction of sp³-hybridized carbons (Fsp3) is 0.600. The number of hydrogen-bond donors (Lipinski definition) is 1. The van der Waals surface area contributed by atoms with E-state index in [0.717, 1.165) is 43.1 Å². The van der Waals surface area contributed by atoms with Crippen molar-refractivity contribution in [3.8, 4) is 11.5 Å². The number of ether oxygens (including phenoxy) is 2. The number of rotatable bonds is 7. The van der Waals surface area contributed by atoms with Gasteiger partial charge in [-0.1, -0.05) is 30.3 Å². The van der Waals surface area contributed by atoms with Crippen LogP contribution in [0, 0.1) is 5.92 Å². The van der Waals surface area contributed by atoms with Crippen LogP contribution in [0.5, 0.6) is 11.5 Å². The summed E-state index contributed by atoms with van der Waals surface area (Å²) in [7, 11) is 0. The Morgan fingerprint density at radius 3 is 2.44 bits per heavy atom. The van der Waals surface area contributed by atoms with Gasteiger partial charge < -0.3 is 19.7 Å². The molecule has 1 saturated heterocycles. The number of fused-ring (bicyclic) bond motifs is 1. The highest BCUT2D eigenvalue weighted by atomic mass is 16.5. The fourth-order valence-electron chi connectivity index (χ4n) is 5.92. The number of nitrogens with one attached hydrogen (secondary N) is 1. The highest BCUT2D eigenvalue weighted by Crippen LogP contribution is 2.37. The van der Waals surface area contributed by atoms with Crippen LogP contribution in [0.3, 0.4) is 0 Å². The third-order valence-corrected chi connectivity index (χ3v) is 8.20. The van der Waals surface area contributed by atoms with Crippen LogP contribution < -0.4 is 14.8 Å². The van der Waals surface area contributed by atoms with Crippen molar-refractivity contribution in [2.75, 3.05) is 19.6 Å². The van der Waals surface area contributed by atoms with Crippen LogP contribution in [0.1, 0.15) is 76.0 Å². The molecular formula is C30H42N2O2. The summed E-state index contributed by atoms with van der Waals surface area (Å²) in [5.41, 5.74) is 2.54. The van der Waals surface area contributed by atoms with Gasteiger partial charge in [-0.15, -0.1) is 0 Å². The van der Waals surface area contributed by atoms with E-state index in [9.17, 15) is 0 Å². The zero-order valence-electron chi connectivity index (χ0n) is 21.0. The third-order valence-electron chi connectivity index (χ3n) is 8.20. The average molecular weight is 463 g/mol. The summed E-state index contributed by atoms with van der Waals surface area (Å²) in [6.07, 6.45) is 9.99. The smallest absolute Gasteiger partial charge is 0.124 e. The normalized spacial score (nSPS) is 26.1. The predicted molar refractivity (Wildman–Crippen MR) is 139 cm³/mol. The average Bonchev–Trinajstić information content (AvgIpc) is 2.89. The molecule has 1 unspecified atom stereocenters. The van der Waals surface area contributed by atoms with E-state index >= 15 is 0 Å². The van der Waals surface area contributed by atoms with E-state index in [-0.39, 0.29) is 6.10 Å². The summed E-state index contributed by atoms with van der Waals surface area (Å²) in [5, 5.41) is 3.89. The van der Waals surface area contributed by atoms with Crippen LogP contribution >= 0.6 is 0 Å². The molecule has 0 radical (unpaired) electrons. The Bertz CT molecular complexity index is 899. The summed E-state index contributed by atoms with van der Waals surface area (Å²) in [4.78, 5) is 2.62. The topological polar surface area (TPSA) is 33.7 Å². The summed E-state index contributed by atoms with van der Waals surface area (Å²) in [5.74, 6) is 2.87. The lowest BCUT2D eigenvalue weighted by Gasteiger charge is -2.36. The van der Waals surface area contributed by atoms with Crippen molar-refractivity contribution in [2.45, 2.75) is 89.5 Å². The summed E-state index contributed by atoms with van der Waals surface area (Å²) < 4.78 is 12.7. The summed E-state index contributed by atoms with van der Waals surface area (Å²) in [6, 6.07) is 18.3. The molecule has 2 heterocycles. The van der Waals surface area contributed by atoms with Gasteiger partial charge in [0.15, 0.2) is 0 Å². The van der Waals surface area contributed by atoms with Gasteiger partial charge in [-0.2, -0.15) is 0 Å². The van der Waals surface area contributed by atoms with Gasteiger partial charge in [0.2, 0.25) is 0 Å². The monoisotopic (exact) mass is 462 g/mol. The zero-order chi connectivity index (χ0) is 23.3. The maximum absolute atomic E-state index is 6.42. The van der Waals surface area contributed by atoms with E-state index in [4.69, 9.17) is 9.47 Å². The van der Waals surface area contributed by atoms with Crippen molar-refractivity contribution in [3.63, 3.8) is 0 Å². The van der Waals surface area contributed by atoms with Crippen LogP contribution in [-0.2, 0) is 6.42 Å². The van der Waals surface area contributed by atoms with Gasteiger partial charge in [-0.3, -0.25) is 0 Å². The Labute approximate surface area is 206 Å². The fourth-order valence-corrected chi connectivity index (χ4v) is 5.92. The highest BCUT2D eigenvalue weighted by Gasteiger charge is 2.26. The van der Waals surface area contributed by atoms with Crippen LogP contribution in [0.4, 0.5) is 0 Å². The van der Waals surface area contributed by atoms with Crippen LogP contribution in [0.15, 0.2) is 48.5 Å². The standard InChI is InChI=1S/C30H42N2O2/c1-22(2)32-18-16-23(17-19-32)21-31-26-9-11-27(12-10-26)33-28-13-15-30-25(20-28)8-14-29(34-30)24-6-4-3-5-7-24/h3-7,13,15,20,22-23,26-27,29,31H,8-12,14,16-19,21H2,1-2H3. The molecule has 1 saturated carbocycles. The Kier molecular flexibility index (Phi) is 7.76. The molecule has 2 fully saturated rings. The number of hydrogen-bond acceptors (Lipinski definition) is 4. The molecule has 2 aromatic rings.